The van der Waals surface area contributed by atoms with Crippen molar-refractivity contribution in [3.63, 3.8) is 0 Å². The molecule has 1 heterocycles. The number of amides is 2. The monoisotopic (exact) mass is 409 g/mol. The van der Waals surface area contributed by atoms with Crippen LogP contribution in [0.5, 0.6) is 5.75 Å². The molecule has 0 unspecified atom stereocenters. The quantitative estimate of drug-likeness (QED) is 0.815. The van der Waals surface area contributed by atoms with Gasteiger partial charge in [-0.2, -0.15) is 4.31 Å². The van der Waals surface area contributed by atoms with E-state index in [1.54, 1.807) is 42.2 Å². The second-order valence-corrected chi connectivity index (χ2v) is 8.65. The number of piperazine rings is 1. The molecule has 2 aromatic carbocycles. The molecule has 7 nitrogen and oxygen atoms in total. The highest BCUT2D eigenvalue weighted by atomic mass is 35.5. The fourth-order valence-corrected chi connectivity index (χ4v) is 4.65. The number of aryl methyl sites for hydroxylation is 1. The largest absolute Gasteiger partial charge is 0.507 e. The molecule has 1 aliphatic heterocycles. The summed E-state index contributed by atoms with van der Waals surface area (Å²) >= 11 is 5.91. The van der Waals surface area contributed by atoms with Crippen LogP contribution in [0.1, 0.15) is 5.56 Å². The van der Waals surface area contributed by atoms with E-state index in [4.69, 9.17) is 11.6 Å². The van der Waals surface area contributed by atoms with Crippen molar-refractivity contribution in [2.45, 2.75) is 11.8 Å². The number of anilines is 1. The highest BCUT2D eigenvalue weighted by Gasteiger charge is 2.31. The minimum atomic E-state index is -3.82. The number of urea groups is 1. The molecule has 27 heavy (non-hydrogen) atoms. The lowest BCUT2D eigenvalue weighted by Crippen LogP contribution is -2.51. The fourth-order valence-electron chi connectivity index (χ4n) is 2.87. The summed E-state index contributed by atoms with van der Waals surface area (Å²) in [6.07, 6.45) is 0. The Morgan fingerprint density at radius 1 is 1.11 bits per heavy atom. The van der Waals surface area contributed by atoms with Gasteiger partial charge in [0.05, 0.1) is 0 Å². The Kier molecular flexibility index (Phi) is 5.59. The number of halogens is 1. The van der Waals surface area contributed by atoms with Gasteiger partial charge in [0.1, 0.15) is 10.6 Å². The molecule has 1 aliphatic rings. The molecule has 144 valence electrons. The predicted octanol–water partition coefficient (Wildman–Crippen LogP) is 2.89. The zero-order valence-electron chi connectivity index (χ0n) is 14.7. The molecule has 0 bridgehead atoms. The molecule has 1 saturated heterocycles. The molecular formula is C18H20ClN3O4S. The minimum Gasteiger partial charge on any atom is -0.507 e. The molecule has 2 amide bonds. The van der Waals surface area contributed by atoms with Crippen molar-refractivity contribution in [2.24, 2.45) is 0 Å². The van der Waals surface area contributed by atoms with Crippen molar-refractivity contribution < 1.29 is 18.3 Å². The number of hydrogen-bond acceptors (Lipinski definition) is 4. The van der Waals surface area contributed by atoms with Crippen molar-refractivity contribution in [3.8, 4) is 5.75 Å². The van der Waals surface area contributed by atoms with Crippen molar-refractivity contribution in [3.05, 3.63) is 53.1 Å². The van der Waals surface area contributed by atoms with Gasteiger partial charge in [0, 0.05) is 36.9 Å². The maximum atomic E-state index is 12.8. The Morgan fingerprint density at radius 2 is 1.81 bits per heavy atom. The Hall–Kier alpha value is -2.29. The molecular weight excluding hydrogens is 390 g/mol. The van der Waals surface area contributed by atoms with Gasteiger partial charge in [0.25, 0.3) is 0 Å². The smallest absolute Gasteiger partial charge is 0.321 e. The molecule has 0 atom stereocenters. The number of carbonyl (C=O) groups is 1. The van der Waals surface area contributed by atoms with E-state index in [2.05, 4.69) is 5.32 Å². The summed E-state index contributed by atoms with van der Waals surface area (Å²) in [6.45, 7) is 2.56. The van der Waals surface area contributed by atoms with Gasteiger partial charge in [0.2, 0.25) is 10.0 Å². The van der Waals surface area contributed by atoms with E-state index < -0.39 is 10.0 Å². The number of phenolic OH excluding ortho intramolecular Hbond substituents is 1. The molecule has 2 N–H and O–H groups in total. The molecule has 0 spiro atoms. The number of benzene rings is 2. The molecule has 1 fully saturated rings. The first-order chi connectivity index (χ1) is 12.8. The van der Waals surface area contributed by atoms with Crippen molar-refractivity contribution in [1.29, 1.82) is 0 Å². The average Bonchev–Trinajstić information content (AvgIpc) is 2.63. The summed E-state index contributed by atoms with van der Waals surface area (Å²) in [5, 5.41) is 13.2. The second-order valence-electron chi connectivity index (χ2n) is 6.30. The molecule has 0 saturated carbocycles. The number of rotatable bonds is 3. The highest BCUT2D eigenvalue weighted by Crippen LogP contribution is 2.27. The Labute approximate surface area is 163 Å². The van der Waals surface area contributed by atoms with Gasteiger partial charge >= 0.3 is 6.03 Å². The molecule has 0 aliphatic carbocycles. The lowest BCUT2D eigenvalue weighted by Gasteiger charge is -2.34. The zero-order chi connectivity index (χ0) is 19.6. The van der Waals surface area contributed by atoms with E-state index in [-0.39, 0.29) is 42.9 Å². The number of sulfonamides is 1. The lowest BCUT2D eigenvalue weighted by molar-refractivity contribution is 0.184. The van der Waals surface area contributed by atoms with Crippen LogP contribution in [0, 0.1) is 6.92 Å². The summed E-state index contributed by atoms with van der Waals surface area (Å²) in [4.78, 5) is 13.8. The van der Waals surface area contributed by atoms with Crippen LogP contribution in [0.15, 0.2) is 47.4 Å². The van der Waals surface area contributed by atoms with Crippen LogP contribution >= 0.6 is 11.6 Å². The second kappa shape index (κ2) is 7.75. The molecule has 0 radical (unpaired) electrons. The lowest BCUT2D eigenvalue weighted by atomic mass is 10.2. The van der Waals surface area contributed by atoms with Crippen LogP contribution < -0.4 is 5.32 Å². The van der Waals surface area contributed by atoms with Gasteiger partial charge in [-0.25, -0.2) is 13.2 Å². The molecule has 2 aromatic rings. The van der Waals surface area contributed by atoms with Crippen LogP contribution in [-0.4, -0.2) is 54.9 Å². The topological polar surface area (TPSA) is 90.0 Å². The van der Waals surface area contributed by atoms with E-state index in [1.807, 2.05) is 0 Å². The molecule has 3 rings (SSSR count). The maximum absolute atomic E-state index is 12.8. The minimum absolute atomic E-state index is 0.112. The summed E-state index contributed by atoms with van der Waals surface area (Å²) < 4.78 is 26.9. The standard InChI is InChI=1S/C18H20ClN3O4S/c1-13-5-6-16(23)17(11-13)27(25,26)22-9-7-21(8-10-22)18(24)20-15-4-2-3-14(19)12-15/h2-6,11-12,23H,7-10H2,1H3,(H,20,24). The maximum Gasteiger partial charge on any atom is 0.321 e. The van der Waals surface area contributed by atoms with Gasteiger partial charge in [-0.3, -0.25) is 0 Å². The van der Waals surface area contributed by atoms with Crippen LogP contribution in [0.4, 0.5) is 10.5 Å². The molecule has 9 heteroatoms. The fraction of sp³-hybridized carbons (Fsp3) is 0.278. The summed E-state index contributed by atoms with van der Waals surface area (Å²) in [5.74, 6) is -0.276. The van der Waals surface area contributed by atoms with E-state index in [0.717, 1.165) is 5.56 Å². The van der Waals surface area contributed by atoms with Crippen LogP contribution in [-0.2, 0) is 10.0 Å². The first-order valence-electron chi connectivity index (χ1n) is 8.38. The van der Waals surface area contributed by atoms with Gasteiger partial charge in [0.15, 0.2) is 0 Å². The predicted molar refractivity (Wildman–Crippen MR) is 104 cm³/mol. The van der Waals surface area contributed by atoms with Crippen molar-refractivity contribution >= 4 is 33.3 Å². The summed E-state index contributed by atoms with van der Waals surface area (Å²) in [7, 11) is -3.82. The summed E-state index contributed by atoms with van der Waals surface area (Å²) in [5.41, 5.74) is 1.32. The number of nitrogens with one attached hydrogen (secondary N) is 1. The first-order valence-corrected chi connectivity index (χ1v) is 10.2. The Balaban J connectivity index is 1.66. The van der Waals surface area contributed by atoms with Crippen LogP contribution in [0.3, 0.4) is 0 Å². The third-order valence-corrected chi connectivity index (χ3v) is 6.50. The van der Waals surface area contributed by atoms with Gasteiger partial charge in [-0.1, -0.05) is 23.7 Å². The van der Waals surface area contributed by atoms with E-state index in [1.165, 1.54) is 16.4 Å². The number of hydrogen-bond donors (Lipinski definition) is 2. The SMILES string of the molecule is Cc1ccc(O)c(S(=O)(=O)N2CCN(C(=O)Nc3cccc(Cl)c3)CC2)c1. The van der Waals surface area contributed by atoms with Crippen molar-refractivity contribution in [1.82, 2.24) is 9.21 Å². The van der Waals surface area contributed by atoms with E-state index in [0.29, 0.717) is 10.7 Å². The van der Waals surface area contributed by atoms with E-state index in [9.17, 15) is 18.3 Å². The average molecular weight is 410 g/mol. The van der Waals surface area contributed by atoms with E-state index >= 15 is 0 Å². The van der Waals surface area contributed by atoms with Gasteiger partial charge in [-0.15, -0.1) is 0 Å². The zero-order valence-corrected chi connectivity index (χ0v) is 16.3. The third-order valence-electron chi connectivity index (χ3n) is 4.33. The number of aromatic hydroxyl groups is 1. The molecule has 0 aromatic heterocycles. The number of phenols is 1. The van der Waals surface area contributed by atoms with Gasteiger partial charge in [-0.05, 0) is 42.8 Å². The summed E-state index contributed by atoms with van der Waals surface area (Å²) in [6, 6.07) is 11.0. The third kappa shape index (κ3) is 4.35. The van der Waals surface area contributed by atoms with Gasteiger partial charge < -0.3 is 15.3 Å². The Morgan fingerprint density at radius 3 is 2.48 bits per heavy atom. The van der Waals surface area contributed by atoms with Crippen molar-refractivity contribution in [2.75, 3.05) is 31.5 Å². The number of carbonyl (C=O) groups excluding carboxylic acids is 1. The first kappa shape index (κ1) is 19.5. The van der Waals surface area contributed by atoms with Crippen LogP contribution in [0.25, 0.3) is 0 Å². The Bertz CT molecular complexity index is 957. The normalized spacial score (nSPS) is 15.6. The van der Waals surface area contributed by atoms with Crippen LogP contribution in [0.2, 0.25) is 5.02 Å². The number of nitrogens with zero attached hydrogens (tertiary/aromatic N) is 2. The highest BCUT2D eigenvalue weighted by molar-refractivity contribution is 7.89.